The molecule has 20 heavy (non-hydrogen) atoms. The number of β-amino-alcohol motifs (C(OH)–C–C–N with tert-alkyl or cyclic N) is 1. The Morgan fingerprint density at radius 2 is 2.00 bits per heavy atom. The van der Waals surface area contributed by atoms with Gasteiger partial charge in [0.25, 0.3) is 0 Å². The minimum absolute atomic E-state index is 0.143. The topological polar surface area (TPSA) is 32.7 Å². The molecule has 1 aromatic carbocycles. The third-order valence-corrected chi connectivity index (χ3v) is 4.20. The van der Waals surface area contributed by atoms with Gasteiger partial charge in [0.1, 0.15) is 0 Å². The van der Waals surface area contributed by atoms with Crippen LogP contribution in [0.15, 0.2) is 24.3 Å². The molecule has 0 radical (unpaired) electrons. The van der Waals surface area contributed by atoms with Crippen LogP contribution in [0.25, 0.3) is 0 Å². The summed E-state index contributed by atoms with van der Waals surface area (Å²) in [6.07, 6.45) is 1.62. The quantitative estimate of drug-likeness (QED) is 0.867. The Morgan fingerprint density at radius 1 is 1.30 bits per heavy atom. The van der Waals surface area contributed by atoms with Crippen molar-refractivity contribution in [3.63, 3.8) is 0 Å². The molecule has 1 unspecified atom stereocenters. The first-order chi connectivity index (χ1) is 9.50. The Bertz CT molecular complexity index is 431. The van der Waals surface area contributed by atoms with Crippen LogP contribution in [0, 0.1) is 0 Å². The largest absolute Gasteiger partial charge is 0.389 e. The number of ether oxygens (including phenoxy) is 1. The van der Waals surface area contributed by atoms with Gasteiger partial charge in [-0.3, -0.25) is 4.90 Å². The lowest BCUT2D eigenvalue weighted by molar-refractivity contribution is -0.0679. The number of rotatable bonds is 6. The number of hydrogen-bond donors (Lipinski definition) is 1. The van der Waals surface area contributed by atoms with E-state index in [-0.39, 0.29) is 5.60 Å². The van der Waals surface area contributed by atoms with E-state index in [1.807, 2.05) is 0 Å². The molecule has 0 fully saturated rings. The standard InChI is InChI=1S/C17H27NO2/c1-4-17(2,3)20-13-16(19)12-18-10-9-14-7-5-6-8-15(14)11-18/h5-8,16,19H,4,9-13H2,1-3H3. The molecule has 1 aliphatic rings. The summed E-state index contributed by atoms with van der Waals surface area (Å²) >= 11 is 0. The first kappa shape index (κ1) is 15.5. The van der Waals surface area contributed by atoms with E-state index < -0.39 is 6.10 Å². The van der Waals surface area contributed by atoms with Crippen LogP contribution >= 0.6 is 0 Å². The number of aliphatic hydroxyl groups is 1. The molecule has 0 saturated carbocycles. The predicted octanol–water partition coefficient (Wildman–Crippen LogP) is 2.61. The zero-order valence-electron chi connectivity index (χ0n) is 12.9. The van der Waals surface area contributed by atoms with Crippen molar-refractivity contribution in [2.75, 3.05) is 19.7 Å². The fraction of sp³-hybridized carbons (Fsp3) is 0.647. The van der Waals surface area contributed by atoms with E-state index in [9.17, 15) is 5.11 Å². The number of benzene rings is 1. The number of fused-ring (bicyclic) bond motifs is 1. The molecule has 1 aliphatic heterocycles. The molecule has 0 aromatic heterocycles. The van der Waals surface area contributed by atoms with Gasteiger partial charge in [-0.2, -0.15) is 0 Å². The third-order valence-electron chi connectivity index (χ3n) is 4.20. The van der Waals surface area contributed by atoms with Gasteiger partial charge in [0, 0.05) is 19.6 Å². The van der Waals surface area contributed by atoms with Crippen LogP contribution in [0.3, 0.4) is 0 Å². The smallest absolute Gasteiger partial charge is 0.0900 e. The van der Waals surface area contributed by atoms with Crippen molar-refractivity contribution in [2.45, 2.75) is 51.9 Å². The lowest BCUT2D eigenvalue weighted by Crippen LogP contribution is -2.39. The zero-order valence-corrected chi connectivity index (χ0v) is 12.9. The minimum Gasteiger partial charge on any atom is -0.389 e. The normalized spacial score (nSPS) is 17.8. The number of aliphatic hydroxyl groups excluding tert-OH is 1. The van der Waals surface area contributed by atoms with Gasteiger partial charge in [0.15, 0.2) is 0 Å². The summed E-state index contributed by atoms with van der Waals surface area (Å²) in [5.74, 6) is 0. The van der Waals surface area contributed by atoms with Gasteiger partial charge in [-0.05, 0) is 37.8 Å². The van der Waals surface area contributed by atoms with E-state index in [1.165, 1.54) is 11.1 Å². The van der Waals surface area contributed by atoms with Gasteiger partial charge in [-0.15, -0.1) is 0 Å². The Morgan fingerprint density at radius 3 is 2.70 bits per heavy atom. The lowest BCUT2D eigenvalue weighted by Gasteiger charge is -2.31. The first-order valence-corrected chi connectivity index (χ1v) is 7.61. The predicted molar refractivity (Wildman–Crippen MR) is 81.8 cm³/mol. The maximum Gasteiger partial charge on any atom is 0.0900 e. The molecular formula is C17H27NO2. The van der Waals surface area contributed by atoms with E-state index in [4.69, 9.17) is 4.74 Å². The summed E-state index contributed by atoms with van der Waals surface area (Å²) in [5.41, 5.74) is 2.69. The van der Waals surface area contributed by atoms with Gasteiger partial charge in [0.2, 0.25) is 0 Å². The van der Waals surface area contributed by atoms with Gasteiger partial charge in [-0.1, -0.05) is 31.2 Å². The Balaban J connectivity index is 1.80. The Hall–Kier alpha value is -0.900. The van der Waals surface area contributed by atoms with Crippen LogP contribution < -0.4 is 0 Å². The Kier molecular flexibility index (Phi) is 5.19. The maximum absolute atomic E-state index is 10.1. The Labute approximate surface area is 122 Å². The van der Waals surface area contributed by atoms with Crippen LogP contribution in [0.5, 0.6) is 0 Å². The second-order valence-corrected chi connectivity index (χ2v) is 6.33. The van der Waals surface area contributed by atoms with Gasteiger partial charge in [0.05, 0.1) is 18.3 Å². The highest BCUT2D eigenvalue weighted by Crippen LogP contribution is 2.19. The van der Waals surface area contributed by atoms with Crippen molar-refractivity contribution in [2.24, 2.45) is 0 Å². The molecule has 0 saturated heterocycles. The summed E-state index contributed by atoms with van der Waals surface area (Å²) in [6, 6.07) is 8.58. The molecule has 112 valence electrons. The van der Waals surface area contributed by atoms with Crippen molar-refractivity contribution in [3.05, 3.63) is 35.4 Å². The van der Waals surface area contributed by atoms with Crippen LogP contribution in [0.1, 0.15) is 38.3 Å². The van der Waals surface area contributed by atoms with Crippen LogP contribution in [-0.2, 0) is 17.7 Å². The van der Waals surface area contributed by atoms with Crippen molar-refractivity contribution < 1.29 is 9.84 Å². The molecule has 2 rings (SSSR count). The van der Waals surface area contributed by atoms with Crippen molar-refractivity contribution >= 4 is 0 Å². The molecule has 1 atom stereocenters. The maximum atomic E-state index is 10.1. The summed E-state index contributed by atoms with van der Waals surface area (Å²) < 4.78 is 5.77. The molecule has 3 heteroatoms. The van der Waals surface area contributed by atoms with Crippen molar-refractivity contribution in [1.82, 2.24) is 4.90 Å². The number of hydrogen-bond acceptors (Lipinski definition) is 3. The average molecular weight is 277 g/mol. The van der Waals surface area contributed by atoms with E-state index in [2.05, 4.69) is 49.9 Å². The molecule has 1 N–H and O–H groups in total. The second kappa shape index (κ2) is 6.70. The molecule has 0 spiro atoms. The lowest BCUT2D eigenvalue weighted by atomic mass is 10.00. The molecule has 1 aromatic rings. The van der Waals surface area contributed by atoms with Crippen LogP contribution in [0.4, 0.5) is 0 Å². The summed E-state index contributed by atoms with van der Waals surface area (Å²) in [7, 11) is 0. The summed E-state index contributed by atoms with van der Waals surface area (Å²) in [5, 5.41) is 10.1. The van der Waals surface area contributed by atoms with E-state index in [0.29, 0.717) is 13.2 Å². The molecule has 1 heterocycles. The summed E-state index contributed by atoms with van der Waals surface area (Å²) in [6.45, 7) is 9.30. The zero-order chi connectivity index (χ0) is 14.6. The highest BCUT2D eigenvalue weighted by molar-refractivity contribution is 5.29. The fourth-order valence-corrected chi connectivity index (χ4v) is 2.48. The van der Waals surface area contributed by atoms with E-state index in [0.717, 1.165) is 25.9 Å². The second-order valence-electron chi connectivity index (χ2n) is 6.33. The molecule has 0 aliphatic carbocycles. The molecule has 0 bridgehead atoms. The van der Waals surface area contributed by atoms with Crippen molar-refractivity contribution in [1.29, 1.82) is 0 Å². The van der Waals surface area contributed by atoms with Crippen molar-refractivity contribution in [3.8, 4) is 0 Å². The van der Waals surface area contributed by atoms with Crippen LogP contribution in [-0.4, -0.2) is 41.4 Å². The average Bonchev–Trinajstić information content (AvgIpc) is 2.45. The van der Waals surface area contributed by atoms with E-state index in [1.54, 1.807) is 0 Å². The highest BCUT2D eigenvalue weighted by Gasteiger charge is 2.21. The SMILES string of the molecule is CCC(C)(C)OCC(O)CN1CCc2ccccc2C1. The molecule has 3 nitrogen and oxygen atoms in total. The van der Waals surface area contributed by atoms with Gasteiger partial charge in [-0.25, -0.2) is 0 Å². The highest BCUT2D eigenvalue weighted by atomic mass is 16.5. The first-order valence-electron chi connectivity index (χ1n) is 7.61. The monoisotopic (exact) mass is 277 g/mol. The molecule has 0 amide bonds. The fourth-order valence-electron chi connectivity index (χ4n) is 2.48. The third kappa shape index (κ3) is 4.30. The van der Waals surface area contributed by atoms with Crippen LogP contribution in [0.2, 0.25) is 0 Å². The van der Waals surface area contributed by atoms with Gasteiger partial charge >= 0.3 is 0 Å². The summed E-state index contributed by atoms with van der Waals surface area (Å²) in [4.78, 5) is 2.31. The number of nitrogens with zero attached hydrogens (tertiary/aromatic N) is 1. The van der Waals surface area contributed by atoms with E-state index >= 15 is 0 Å². The molecular weight excluding hydrogens is 250 g/mol. The minimum atomic E-state index is -0.411. The van der Waals surface area contributed by atoms with Gasteiger partial charge < -0.3 is 9.84 Å².